The fraction of sp³-hybridized carbons (Fsp3) is 0.407. The Morgan fingerprint density at radius 3 is 2.74 bits per heavy atom. The lowest BCUT2D eigenvalue weighted by atomic mass is 10.0. The zero-order valence-corrected chi connectivity index (χ0v) is 21.1. The molecule has 0 amide bonds. The molecule has 2 fully saturated rings. The van der Waals surface area contributed by atoms with Crippen LogP contribution in [0.4, 0.5) is 26.1 Å². The van der Waals surface area contributed by atoms with Gasteiger partial charge < -0.3 is 20.6 Å². The van der Waals surface area contributed by atoms with E-state index in [0.717, 1.165) is 24.5 Å². The number of aromatic hydroxyl groups is 1. The van der Waals surface area contributed by atoms with E-state index in [-0.39, 0.29) is 24.3 Å². The van der Waals surface area contributed by atoms with Crippen LogP contribution in [-0.2, 0) is 0 Å². The van der Waals surface area contributed by atoms with E-state index >= 15 is 0 Å². The van der Waals surface area contributed by atoms with Gasteiger partial charge in [-0.2, -0.15) is 0 Å². The molecule has 0 saturated carbocycles. The van der Waals surface area contributed by atoms with E-state index in [2.05, 4.69) is 48.7 Å². The van der Waals surface area contributed by atoms with Crippen molar-refractivity contribution in [2.45, 2.75) is 25.8 Å². The Morgan fingerprint density at radius 1 is 1.13 bits per heavy atom. The Kier molecular flexibility index (Phi) is 7.51. The molecule has 0 radical (unpaired) electrons. The molecule has 9 nitrogen and oxygen atoms in total. The summed E-state index contributed by atoms with van der Waals surface area (Å²) in [7, 11) is 0. The van der Waals surface area contributed by atoms with E-state index < -0.39 is 6.43 Å². The van der Waals surface area contributed by atoms with Crippen molar-refractivity contribution in [1.29, 1.82) is 0 Å². The molecule has 0 aliphatic carbocycles. The molecule has 4 heterocycles. The maximum Gasteiger partial charge on any atom is 0.251 e. The molecule has 3 aromatic rings. The number of nitrogen functional groups attached to an aromatic ring is 1. The van der Waals surface area contributed by atoms with Crippen LogP contribution in [0.25, 0.3) is 11.3 Å². The van der Waals surface area contributed by atoms with Crippen molar-refractivity contribution in [3.05, 3.63) is 48.4 Å². The summed E-state index contributed by atoms with van der Waals surface area (Å²) in [5, 5.41) is 18.6. The molecule has 0 unspecified atom stereocenters. The highest BCUT2D eigenvalue weighted by Gasteiger charge is 2.27. The van der Waals surface area contributed by atoms with Gasteiger partial charge in [0.1, 0.15) is 11.6 Å². The van der Waals surface area contributed by atoms with Crippen LogP contribution >= 0.6 is 0 Å². The predicted molar refractivity (Wildman–Crippen MR) is 142 cm³/mol. The molecular weight excluding hydrogens is 490 g/mol. The largest absolute Gasteiger partial charge is 0.507 e. The Labute approximate surface area is 220 Å². The van der Waals surface area contributed by atoms with Gasteiger partial charge in [-0.3, -0.25) is 4.90 Å². The number of phenolic OH excluding ortho intramolecular Hbond substituents is 1. The highest BCUT2D eigenvalue weighted by atomic mass is 19.3. The van der Waals surface area contributed by atoms with Gasteiger partial charge in [-0.25, -0.2) is 18.7 Å². The van der Waals surface area contributed by atoms with Crippen LogP contribution in [0.5, 0.6) is 5.75 Å². The Balaban J connectivity index is 1.28. The molecule has 0 bridgehead atoms. The Hall–Kier alpha value is -4.04. The van der Waals surface area contributed by atoms with Crippen molar-refractivity contribution in [3.63, 3.8) is 0 Å². The Bertz CT molecular complexity index is 1340. The molecule has 3 N–H and O–H groups in total. The molecule has 38 heavy (non-hydrogen) atoms. The number of rotatable bonds is 5. The number of aromatic nitrogens is 4. The second kappa shape index (κ2) is 11.1. The highest BCUT2D eigenvalue weighted by Crippen LogP contribution is 2.32. The fourth-order valence-electron chi connectivity index (χ4n) is 4.85. The smallest absolute Gasteiger partial charge is 0.251 e. The number of alkyl halides is 2. The minimum atomic E-state index is -2.32. The Morgan fingerprint density at radius 2 is 1.95 bits per heavy atom. The van der Waals surface area contributed by atoms with E-state index in [1.165, 1.54) is 0 Å². The first-order chi connectivity index (χ1) is 18.4. The van der Waals surface area contributed by atoms with Gasteiger partial charge >= 0.3 is 0 Å². The van der Waals surface area contributed by atoms with Crippen LogP contribution in [0.1, 0.15) is 19.2 Å². The summed E-state index contributed by atoms with van der Waals surface area (Å²) in [6, 6.07) is 11.0. The number of likely N-dealkylation sites (tertiary alicyclic amines) is 1. The maximum absolute atomic E-state index is 12.5. The van der Waals surface area contributed by atoms with E-state index in [1.54, 1.807) is 29.3 Å². The van der Waals surface area contributed by atoms with Gasteiger partial charge in [-0.1, -0.05) is 18.1 Å². The van der Waals surface area contributed by atoms with Crippen LogP contribution in [0, 0.1) is 17.8 Å². The lowest BCUT2D eigenvalue weighted by molar-refractivity contribution is 0.0413. The van der Waals surface area contributed by atoms with Crippen molar-refractivity contribution >= 4 is 17.3 Å². The van der Waals surface area contributed by atoms with E-state index in [4.69, 9.17) is 5.73 Å². The van der Waals surface area contributed by atoms with Gasteiger partial charge in [0.15, 0.2) is 5.82 Å². The van der Waals surface area contributed by atoms with Gasteiger partial charge in [0.2, 0.25) is 5.82 Å². The average Bonchev–Trinajstić information content (AvgIpc) is 3.07. The maximum atomic E-state index is 12.5. The summed E-state index contributed by atoms with van der Waals surface area (Å²) in [6.07, 6.45) is 0.247. The number of phenols is 1. The number of anilines is 3. The highest BCUT2D eigenvalue weighted by molar-refractivity contribution is 5.74. The molecule has 0 spiro atoms. The molecular formula is C27H30F2N8O. The standard InChI is InChI=1S/C27H30F2N8O/c1-18-9-11-36(22-14-21(33-34-27(22)30)20-4-2-3-5-23(20)38)12-13-37(18)26-8-10-31-25(32-26)7-6-19-15-35(16-19)17-24(28)29/h2-5,8,10,14,18-19,24,38H,9,11-13,15-17H2,1H3,(H2,30,34)/t18-/m0/s1. The lowest BCUT2D eigenvalue weighted by Crippen LogP contribution is -2.47. The predicted octanol–water partition coefficient (Wildman–Crippen LogP) is 2.88. The first-order valence-electron chi connectivity index (χ1n) is 12.7. The number of benzene rings is 1. The average molecular weight is 521 g/mol. The number of hydrogen-bond acceptors (Lipinski definition) is 9. The first-order valence-corrected chi connectivity index (χ1v) is 12.7. The second-order valence-electron chi connectivity index (χ2n) is 9.65. The molecule has 1 aromatic carbocycles. The van der Waals surface area contributed by atoms with E-state index in [0.29, 0.717) is 49.1 Å². The summed E-state index contributed by atoms with van der Waals surface area (Å²) in [5.74, 6) is 7.90. The molecule has 11 heteroatoms. The topological polar surface area (TPSA) is 108 Å². The van der Waals surface area contributed by atoms with Gasteiger partial charge in [0.25, 0.3) is 6.43 Å². The summed E-state index contributed by atoms with van der Waals surface area (Å²) in [6.45, 7) is 5.21. The zero-order chi connectivity index (χ0) is 26.6. The number of nitrogens with two attached hydrogens (primary N) is 1. The molecule has 1 atom stereocenters. The monoisotopic (exact) mass is 520 g/mol. The van der Waals surface area contributed by atoms with Crippen LogP contribution < -0.4 is 15.5 Å². The van der Waals surface area contributed by atoms with Crippen molar-refractivity contribution in [3.8, 4) is 28.8 Å². The van der Waals surface area contributed by atoms with Gasteiger partial charge in [0, 0.05) is 56.4 Å². The molecule has 5 rings (SSSR count). The quantitative estimate of drug-likeness (QED) is 0.491. The number of hydrogen-bond donors (Lipinski definition) is 2. The van der Waals surface area contributed by atoms with E-state index in [9.17, 15) is 13.9 Å². The third-order valence-electron chi connectivity index (χ3n) is 6.96. The van der Waals surface area contributed by atoms with Crippen molar-refractivity contribution in [1.82, 2.24) is 25.1 Å². The number of halogens is 2. The second-order valence-corrected chi connectivity index (χ2v) is 9.65. The summed E-state index contributed by atoms with van der Waals surface area (Å²) in [4.78, 5) is 15.1. The third-order valence-corrected chi connectivity index (χ3v) is 6.96. The van der Waals surface area contributed by atoms with Crippen LogP contribution in [0.15, 0.2) is 42.6 Å². The fourth-order valence-corrected chi connectivity index (χ4v) is 4.85. The minimum absolute atomic E-state index is 0.0637. The normalized spacial score (nSPS) is 18.6. The summed E-state index contributed by atoms with van der Waals surface area (Å²) >= 11 is 0. The molecule has 2 aromatic heterocycles. The minimum Gasteiger partial charge on any atom is -0.507 e. The molecule has 2 aliphatic rings. The van der Waals surface area contributed by atoms with Crippen molar-refractivity contribution in [2.24, 2.45) is 5.92 Å². The number of para-hydroxylation sites is 1. The lowest BCUT2D eigenvalue weighted by Gasteiger charge is -2.35. The third kappa shape index (κ3) is 5.75. The van der Waals surface area contributed by atoms with Crippen LogP contribution in [0.2, 0.25) is 0 Å². The summed E-state index contributed by atoms with van der Waals surface area (Å²) < 4.78 is 25.0. The van der Waals surface area contributed by atoms with E-state index in [1.807, 2.05) is 18.2 Å². The van der Waals surface area contributed by atoms with Crippen LogP contribution in [-0.4, -0.2) is 81.9 Å². The summed E-state index contributed by atoms with van der Waals surface area (Å²) in [5.41, 5.74) is 8.17. The molecule has 2 saturated heterocycles. The van der Waals surface area contributed by atoms with Crippen LogP contribution in [0.3, 0.4) is 0 Å². The van der Waals surface area contributed by atoms with Gasteiger partial charge in [-0.15, -0.1) is 10.2 Å². The number of nitrogens with zero attached hydrogens (tertiary/aromatic N) is 7. The van der Waals surface area contributed by atoms with Crippen molar-refractivity contribution in [2.75, 3.05) is 54.8 Å². The zero-order valence-electron chi connectivity index (χ0n) is 21.1. The molecule has 2 aliphatic heterocycles. The van der Waals surface area contributed by atoms with Gasteiger partial charge in [0.05, 0.1) is 17.9 Å². The van der Waals surface area contributed by atoms with Gasteiger partial charge in [-0.05, 0) is 43.5 Å². The van der Waals surface area contributed by atoms with Crippen molar-refractivity contribution < 1.29 is 13.9 Å². The SMILES string of the molecule is C[C@H]1CCN(c2cc(-c3ccccc3O)nnc2N)CCN1c1ccnc(C#CC2CN(CC(F)F)C2)n1. The molecule has 198 valence electrons. The first kappa shape index (κ1) is 25.6.